The third-order valence-corrected chi connectivity index (χ3v) is 9.92. The van der Waals surface area contributed by atoms with Crippen LogP contribution in [-0.2, 0) is 10.8 Å². The van der Waals surface area contributed by atoms with E-state index in [9.17, 15) is 0 Å². The van der Waals surface area contributed by atoms with Crippen LogP contribution in [-0.4, -0.2) is 0 Å². The van der Waals surface area contributed by atoms with Crippen LogP contribution in [0.25, 0.3) is 55.3 Å². The van der Waals surface area contributed by atoms with E-state index in [4.69, 9.17) is 0 Å². The Morgan fingerprint density at radius 2 is 0.780 bits per heavy atom. The standard InChI is InChI=1S/C41H34/c1-25-10-11-27-21-28(13-12-26(27)20-25)29-14-18-34-35-19-16-31(24-39(35)41(4,5)38(34)22-29)30-15-17-33-32-8-6-7-9-36(32)40(2,3)37(33)23-30/h6-24H,1-5H3. The number of rotatable bonds is 2. The highest BCUT2D eigenvalue weighted by molar-refractivity contribution is 5.90. The van der Waals surface area contributed by atoms with Gasteiger partial charge in [0.1, 0.15) is 0 Å². The molecule has 0 heteroatoms. The van der Waals surface area contributed by atoms with E-state index in [1.54, 1.807) is 0 Å². The van der Waals surface area contributed by atoms with Crippen LogP contribution in [0.2, 0.25) is 0 Å². The molecule has 0 fully saturated rings. The van der Waals surface area contributed by atoms with Crippen molar-refractivity contribution < 1.29 is 0 Å². The lowest BCUT2D eigenvalue weighted by Crippen LogP contribution is -2.15. The molecule has 0 N–H and O–H groups in total. The zero-order valence-corrected chi connectivity index (χ0v) is 24.5. The average Bonchev–Trinajstić information content (AvgIpc) is 3.35. The fraction of sp³-hybridized carbons (Fsp3) is 0.171. The number of aryl methyl sites for hydroxylation is 1. The molecule has 0 nitrogen and oxygen atoms in total. The van der Waals surface area contributed by atoms with E-state index in [2.05, 4.69) is 150 Å². The third kappa shape index (κ3) is 3.47. The third-order valence-electron chi connectivity index (χ3n) is 9.92. The Bertz CT molecular complexity index is 2050. The van der Waals surface area contributed by atoms with Crippen LogP contribution < -0.4 is 0 Å². The normalized spacial score (nSPS) is 15.3. The van der Waals surface area contributed by atoms with Gasteiger partial charge in [-0.05, 0) is 109 Å². The van der Waals surface area contributed by atoms with Gasteiger partial charge in [0.25, 0.3) is 0 Å². The van der Waals surface area contributed by atoms with Crippen molar-refractivity contribution in [3.8, 4) is 44.5 Å². The van der Waals surface area contributed by atoms with Crippen molar-refractivity contribution in [2.24, 2.45) is 0 Å². The zero-order chi connectivity index (χ0) is 28.1. The summed E-state index contributed by atoms with van der Waals surface area (Å²) in [6, 6.07) is 43.7. The van der Waals surface area contributed by atoms with E-state index < -0.39 is 0 Å². The summed E-state index contributed by atoms with van der Waals surface area (Å²) in [7, 11) is 0. The first-order valence-electron chi connectivity index (χ1n) is 14.8. The summed E-state index contributed by atoms with van der Waals surface area (Å²) < 4.78 is 0. The molecule has 0 saturated heterocycles. The largest absolute Gasteiger partial charge is 0.0619 e. The van der Waals surface area contributed by atoms with Gasteiger partial charge < -0.3 is 0 Å². The van der Waals surface area contributed by atoms with Crippen molar-refractivity contribution >= 4 is 10.8 Å². The Hall–Kier alpha value is -4.42. The van der Waals surface area contributed by atoms with Crippen molar-refractivity contribution in [3.63, 3.8) is 0 Å². The zero-order valence-electron chi connectivity index (χ0n) is 24.5. The SMILES string of the molecule is Cc1ccc2cc(-c3ccc4c(c3)C(C)(C)c3cc(-c5ccc6c(c5)C(C)(C)c5ccccc5-6)ccc3-4)ccc2c1. The lowest BCUT2D eigenvalue weighted by Gasteiger charge is -2.23. The van der Waals surface area contributed by atoms with Gasteiger partial charge >= 0.3 is 0 Å². The maximum atomic E-state index is 2.45. The first-order valence-corrected chi connectivity index (χ1v) is 14.8. The highest BCUT2D eigenvalue weighted by atomic mass is 14.4. The molecule has 0 bridgehead atoms. The summed E-state index contributed by atoms with van der Waals surface area (Å²) in [6.45, 7) is 11.6. The molecule has 0 saturated carbocycles. The van der Waals surface area contributed by atoms with Crippen LogP contribution in [0, 0.1) is 6.92 Å². The Balaban J connectivity index is 1.19. The quantitative estimate of drug-likeness (QED) is 0.210. The Morgan fingerprint density at radius 3 is 1.37 bits per heavy atom. The minimum Gasteiger partial charge on any atom is -0.0619 e. The van der Waals surface area contributed by atoms with Crippen LogP contribution in [0.5, 0.6) is 0 Å². The predicted octanol–water partition coefficient (Wildman–Crippen LogP) is 11.1. The predicted molar refractivity (Wildman–Crippen MR) is 175 cm³/mol. The van der Waals surface area contributed by atoms with Crippen LogP contribution in [0.4, 0.5) is 0 Å². The number of hydrogen-bond acceptors (Lipinski definition) is 0. The second-order valence-corrected chi connectivity index (χ2v) is 13.1. The molecule has 2 aliphatic rings. The Kier molecular flexibility index (Phi) is 4.94. The highest BCUT2D eigenvalue weighted by Gasteiger charge is 2.37. The van der Waals surface area contributed by atoms with Gasteiger partial charge in [-0.15, -0.1) is 0 Å². The van der Waals surface area contributed by atoms with E-state index in [1.807, 2.05) is 0 Å². The molecule has 0 spiro atoms. The minimum absolute atomic E-state index is 0.00612. The van der Waals surface area contributed by atoms with Crippen molar-refractivity contribution in [1.29, 1.82) is 0 Å². The smallest absolute Gasteiger partial charge is 0.0159 e. The fourth-order valence-electron chi connectivity index (χ4n) is 7.53. The number of hydrogen-bond donors (Lipinski definition) is 0. The van der Waals surface area contributed by atoms with Crippen molar-refractivity contribution in [1.82, 2.24) is 0 Å². The summed E-state index contributed by atoms with van der Waals surface area (Å²) in [5, 5.41) is 2.59. The molecule has 198 valence electrons. The second-order valence-electron chi connectivity index (χ2n) is 13.1. The maximum Gasteiger partial charge on any atom is 0.0159 e. The molecule has 0 radical (unpaired) electrons. The Morgan fingerprint density at radius 1 is 0.366 bits per heavy atom. The highest BCUT2D eigenvalue weighted by Crippen LogP contribution is 2.52. The molecule has 0 heterocycles. The van der Waals surface area contributed by atoms with E-state index in [1.165, 1.54) is 83.1 Å². The van der Waals surface area contributed by atoms with Gasteiger partial charge in [0.05, 0.1) is 0 Å². The van der Waals surface area contributed by atoms with Gasteiger partial charge in [-0.1, -0.05) is 124 Å². The molecule has 0 aromatic heterocycles. The van der Waals surface area contributed by atoms with Gasteiger partial charge in [-0.2, -0.15) is 0 Å². The van der Waals surface area contributed by atoms with E-state index in [0.717, 1.165) is 0 Å². The molecule has 0 atom stereocenters. The summed E-state index contributed by atoms with van der Waals surface area (Å²) in [6.07, 6.45) is 0. The molecule has 0 unspecified atom stereocenters. The summed E-state index contributed by atoms with van der Waals surface area (Å²) in [5.41, 5.74) is 17.5. The van der Waals surface area contributed by atoms with Gasteiger partial charge in [0.2, 0.25) is 0 Å². The lowest BCUT2D eigenvalue weighted by molar-refractivity contribution is 0.659. The molecular formula is C41H34. The monoisotopic (exact) mass is 526 g/mol. The second kappa shape index (κ2) is 8.30. The first-order chi connectivity index (χ1) is 19.7. The van der Waals surface area contributed by atoms with Crippen molar-refractivity contribution in [2.45, 2.75) is 45.4 Å². The molecule has 6 aromatic carbocycles. The maximum absolute atomic E-state index is 2.45. The van der Waals surface area contributed by atoms with Gasteiger partial charge in [-0.25, -0.2) is 0 Å². The lowest BCUT2D eigenvalue weighted by atomic mass is 9.80. The van der Waals surface area contributed by atoms with Crippen molar-refractivity contribution in [3.05, 3.63) is 143 Å². The number of benzene rings is 6. The summed E-state index contributed by atoms with van der Waals surface area (Å²) >= 11 is 0. The van der Waals surface area contributed by atoms with E-state index in [0.29, 0.717) is 0 Å². The molecule has 41 heavy (non-hydrogen) atoms. The van der Waals surface area contributed by atoms with E-state index in [-0.39, 0.29) is 10.8 Å². The summed E-state index contributed by atoms with van der Waals surface area (Å²) in [5.74, 6) is 0. The molecule has 0 amide bonds. The topological polar surface area (TPSA) is 0 Å². The summed E-state index contributed by atoms with van der Waals surface area (Å²) in [4.78, 5) is 0. The molecule has 8 rings (SSSR count). The van der Waals surface area contributed by atoms with Gasteiger partial charge in [-0.3, -0.25) is 0 Å². The van der Waals surface area contributed by atoms with Crippen LogP contribution in [0.1, 0.15) is 55.5 Å². The molecule has 6 aromatic rings. The van der Waals surface area contributed by atoms with Gasteiger partial charge in [0, 0.05) is 10.8 Å². The van der Waals surface area contributed by atoms with Gasteiger partial charge in [0.15, 0.2) is 0 Å². The molecule has 0 aliphatic heterocycles. The fourth-order valence-corrected chi connectivity index (χ4v) is 7.53. The molecular weight excluding hydrogens is 492 g/mol. The van der Waals surface area contributed by atoms with E-state index >= 15 is 0 Å². The molecule has 2 aliphatic carbocycles. The van der Waals surface area contributed by atoms with Crippen LogP contribution in [0.3, 0.4) is 0 Å². The van der Waals surface area contributed by atoms with Crippen LogP contribution in [0.15, 0.2) is 115 Å². The number of fused-ring (bicyclic) bond motifs is 7. The Labute approximate surface area is 243 Å². The minimum atomic E-state index is -0.0725. The van der Waals surface area contributed by atoms with Crippen LogP contribution >= 0.6 is 0 Å². The first kappa shape index (κ1) is 24.4. The van der Waals surface area contributed by atoms with Crippen molar-refractivity contribution in [2.75, 3.05) is 0 Å². The average molecular weight is 527 g/mol.